The monoisotopic (exact) mass is 144 g/mol. The molecule has 0 amide bonds. The van der Waals surface area contributed by atoms with Gasteiger partial charge in [0.05, 0.1) is 0 Å². The van der Waals surface area contributed by atoms with E-state index in [-0.39, 0.29) is 37.7 Å². The van der Waals surface area contributed by atoms with Crippen molar-refractivity contribution >= 4 is 9.41 Å². The zero-order chi connectivity index (χ0) is 4.50. The average Bonchev–Trinajstić information content (AvgIpc) is 0.722. The summed E-state index contributed by atoms with van der Waals surface area (Å²) in [6.45, 7) is 0. The standard InChI is InChI=1S/Ar.F4Si/c;1-5(2,3)4. The Morgan fingerprint density at radius 2 is 0.833 bits per heavy atom. The average molecular weight is 144 g/mol. The molecule has 0 N–H and O–H groups in total. The van der Waals surface area contributed by atoms with E-state index in [4.69, 9.17) is 0 Å². The number of hydrogen-bond acceptors (Lipinski definition) is 0. The largest absolute Gasteiger partial charge is 0.844 e. The molecule has 0 aliphatic heterocycles. The number of hydrogen-bond donors (Lipinski definition) is 0. The van der Waals surface area contributed by atoms with E-state index in [1.807, 2.05) is 0 Å². The molecule has 0 saturated heterocycles. The second-order valence-electron chi connectivity index (χ2n) is 0.429. The minimum Gasteiger partial charge on any atom is -0.211 e. The summed E-state index contributed by atoms with van der Waals surface area (Å²) in [5.41, 5.74) is 0. The summed E-state index contributed by atoms with van der Waals surface area (Å²) in [5, 5.41) is 0. The molecule has 0 fully saturated rings. The van der Waals surface area contributed by atoms with Crippen molar-refractivity contribution in [3.05, 3.63) is 0 Å². The van der Waals surface area contributed by atoms with E-state index >= 15 is 0 Å². The van der Waals surface area contributed by atoms with Gasteiger partial charge in [0.1, 0.15) is 0 Å². The van der Waals surface area contributed by atoms with Crippen LogP contribution in [0.4, 0.5) is 16.4 Å². The fourth-order valence-corrected chi connectivity index (χ4v) is 0. The summed E-state index contributed by atoms with van der Waals surface area (Å²) in [6, 6.07) is 0. The Morgan fingerprint density at radius 1 is 0.833 bits per heavy atom. The molecule has 0 atom stereocenters. The van der Waals surface area contributed by atoms with Crippen LogP contribution < -0.4 is 0 Å². The molecule has 0 bridgehead atoms. The Kier molecular flexibility index (Phi) is 5.51. The zero-order valence-corrected chi connectivity index (χ0v) is 4.07. The van der Waals surface area contributed by atoms with Crippen molar-refractivity contribution in [2.24, 2.45) is 0 Å². The first kappa shape index (κ1) is 10.2. The second kappa shape index (κ2) is 3.23. The molecule has 0 heterocycles. The van der Waals surface area contributed by atoms with Crippen LogP contribution in [0.25, 0.3) is 0 Å². The summed E-state index contributed by atoms with van der Waals surface area (Å²) >= 11 is 0. The van der Waals surface area contributed by atoms with Crippen LogP contribution in [-0.4, -0.2) is 9.41 Å². The molecule has 0 aromatic rings. The summed E-state index contributed by atoms with van der Waals surface area (Å²) in [5.74, 6) is 0. The van der Waals surface area contributed by atoms with Gasteiger partial charge in [-0.2, -0.15) is 0 Å². The third kappa shape index (κ3) is 63.9. The molecular weight excluding hydrogens is 144 g/mol. The van der Waals surface area contributed by atoms with Crippen molar-refractivity contribution in [1.29, 1.82) is 0 Å². The Labute approximate surface area is 63.2 Å². The Morgan fingerprint density at radius 3 is 0.833 bits per heavy atom. The van der Waals surface area contributed by atoms with E-state index in [0.29, 0.717) is 0 Å². The van der Waals surface area contributed by atoms with Gasteiger partial charge < -0.3 is 0 Å². The maximum absolute atomic E-state index is 9.83. The van der Waals surface area contributed by atoms with Crippen LogP contribution >= 0.6 is 0 Å². The quantitative estimate of drug-likeness (QED) is 0.273. The Bertz CT molecular complexity index is 23.0. The van der Waals surface area contributed by atoms with Crippen LogP contribution in [0.2, 0.25) is 0 Å². The van der Waals surface area contributed by atoms with E-state index in [1.165, 1.54) is 0 Å². The molecule has 6 heteroatoms. The SMILES string of the molecule is F[Si](F)(F)F.[Ar]. The van der Waals surface area contributed by atoms with Crippen molar-refractivity contribution in [3.8, 4) is 0 Å². The first-order valence-corrected chi connectivity index (χ1v) is 2.27. The second-order valence-corrected chi connectivity index (χ2v) is 1.29. The molecule has 0 radical (unpaired) electrons. The maximum Gasteiger partial charge on any atom is 0.844 e. The summed E-state index contributed by atoms with van der Waals surface area (Å²) in [4.78, 5) is 0. The van der Waals surface area contributed by atoms with Gasteiger partial charge in [-0.15, -0.1) is 0 Å². The molecule has 0 aromatic heterocycles. The smallest absolute Gasteiger partial charge is 0.211 e. The molecule has 0 spiro atoms. The van der Waals surface area contributed by atoms with Crippen LogP contribution in [0.1, 0.15) is 0 Å². The maximum atomic E-state index is 9.83. The van der Waals surface area contributed by atoms with Crippen LogP contribution in [-0.2, 0) is 0 Å². The molecule has 0 aliphatic rings. The van der Waals surface area contributed by atoms with Crippen LogP contribution in [0, 0.1) is 37.7 Å². The topological polar surface area (TPSA) is 0 Å². The van der Waals surface area contributed by atoms with Crippen LogP contribution in [0.5, 0.6) is 0 Å². The normalized spacial score (nSPS) is 10.0. The molecule has 0 aromatic carbocycles. The van der Waals surface area contributed by atoms with Gasteiger partial charge in [0, 0.05) is 37.7 Å². The molecule has 40 valence electrons. The Balaban J connectivity index is 0. The van der Waals surface area contributed by atoms with E-state index in [9.17, 15) is 16.4 Å². The van der Waals surface area contributed by atoms with Gasteiger partial charge in [-0.1, -0.05) is 0 Å². The predicted molar refractivity (Wildman–Crippen MR) is 10.2 cm³/mol. The van der Waals surface area contributed by atoms with Gasteiger partial charge in [-0.05, 0) is 0 Å². The van der Waals surface area contributed by atoms with Crippen molar-refractivity contribution < 1.29 is 54.2 Å². The molecule has 0 rings (SSSR count). The fraction of sp³-hybridized carbons (Fsp3) is 0. The van der Waals surface area contributed by atoms with Gasteiger partial charge in [0.15, 0.2) is 0 Å². The van der Waals surface area contributed by atoms with Gasteiger partial charge in [0.25, 0.3) is 0 Å². The third-order valence-corrected chi connectivity index (χ3v) is 0. The first-order valence-electron chi connectivity index (χ1n) is 0.756. The van der Waals surface area contributed by atoms with Crippen LogP contribution in [0.3, 0.4) is 0 Å². The van der Waals surface area contributed by atoms with E-state index in [1.54, 1.807) is 0 Å². The summed E-state index contributed by atoms with van der Waals surface area (Å²) < 4.78 is 39.3. The van der Waals surface area contributed by atoms with E-state index < -0.39 is 9.41 Å². The fourth-order valence-electron chi connectivity index (χ4n) is 0. The van der Waals surface area contributed by atoms with E-state index in [2.05, 4.69) is 0 Å². The van der Waals surface area contributed by atoms with Crippen LogP contribution in [0.15, 0.2) is 0 Å². The minimum absolute atomic E-state index is 0. The molecular formula is ArF4Si. The van der Waals surface area contributed by atoms with Gasteiger partial charge in [-0.3, -0.25) is 0 Å². The predicted octanol–water partition coefficient (Wildman–Crippen LogP) is 1.30. The number of rotatable bonds is 0. The Hall–Kier alpha value is 1.20. The third-order valence-electron chi connectivity index (χ3n) is 0. The van der Waals surface area contributed by atoms with Gasteiger partial charge in [0.2, 0.25) is 0 Å². The van der Waals surface area contributed by atoms with Crippen molar-refractivity contribution in [2.45, 2.75) is 0 Å². The molecule has 6 heavy (non-hydrogen) atoms. The van der Waals surface area contributed by atoms with Gasteiger partial charge in [-0.25, -0.2) is 16.4 Å². The molecule has 0 saturated carbocycles. The van der Waals surface area contributed by atoms with E-state index in [0.717, 1.165) is 0 Å². The van der Waals surface area contributed by atoms with Crippen molar-refractivity contribution in [3.63, 3.8) is 0 Å². The van der Waals surface area contributed by atoms with Gasteiger partial charge >= 0.3 is 9.41 Å². The number of halogens is 4. The molecule has 0 aliphatic carbocycles. The van der Waals surface area contributed by atoms with Crippen molar-refractivity contribution in [1.82, 2.24) is 0 Å². The molecule has 0 unspecified atom stereocenters. The minimum atomic E-state index is -6.61. The zero-order valence-electron chi connectivity index (χ0n) is 2.37. The summed E-state index contributed by atoms with van der Waals surface area (Å²) in [6.07, 6.45) is 0. The first-order chi connectivity index (χ1) is 2.00. The summed E-state index contributed by atoms with van der Waals surface area (Å²) in [7, 11) is -6.61. The molecule has 0 nitrogen and oxygen atoms in total. The van der Waals surface area contributed by atoms with Crippen molar-refractivity contribution in [2.75, 3.05) is 0 Å².